The van der Waals surface area contributed by atoms with E-state index < -0.39 is 5.92 Å². The lowest BCUT2D eigenvalue weighted by molar-refractivity contribution is -0.146. The average molecular weight is 532 g/mol. The minimum Gasteiger partial charge on any atom is -0.503 e. The van der Waals surface area contributed by atoms with E-state index in [0.29, 0.717) is 52.1 Å². The Kier molecular flexibility index (Phi) is 7.13. The van der Waals surface area contributed by atoms with Crippen LogP contribution in [0.2, 0.25) is 0 Å². The lowest BCUT2D eigenvalue weighted by atomic mass is 9.68. The number of nitrogens with one attached hydrogen (secondary N) is 1. The van der Waals surface area contributed by atoms with E-state index in [9.17, 15) is 14.7 Å². The second-order valence-corrected chi connectivity index (χ2v) is 11.2. The molecule has 2 N–H and O–H groups in total. The second-order valence-electron chi connectivity index (χ2n) is 10.4. The number of rotatable bonds is 5. The van der Waals surface area contributed by atoms with Crippen LogP contribution in [0, 0.1) is 5.41 Å². The first-order valence-electron chi connectivity index (χ1n) is 12.2. The third kappa shape index (κ3) is 4.90. The van der Waals surface area contributed by atoms with Gasteiger partial charge in [-0.05, 0) is 85.0 Å². The van der Waals surface area contributed by atoms with Crippen molar-refractivity contribution in [2.45, 2.75) is 84.7 Å². The Hall–Kier alpha value is -2.28. The minimum atomic E-state index is -0.591. The molecular weight excluding hydrogens is 498 g/mol. The smallest absolute Gasteiger partial charge is 0.337 e. The molecule has 6 nitrogen and oxygen atoms in total. The lowest BCUT2D eigenvalue weighted by Crippen LogP contribution is -2.39. The Morgan fingerprint density at radius 2 is 1.91 bits per heavy atom. The van der Waals surface area contributed by atoms with Gasteiger partial charge in [0.15, 0.2) is 17.3 Å². The molecule has 0 spiro atoms. The molecule has 1 heterocycles. The Morgan fingerprint density at radius 3 is 2.59 bits per heavy atom. The van der Waals surface area contributed by atoms with Gasteiger partial charge >= 0.3 is 5.97 Å². The number of aromatic hydroxyl groups is 1. The van der Waals surface area contributed by atoms with Crippen LogP contribution in [0.4, 0.5) is 0 Å². The van der Waals surface area contributed by atoms with Crippen molar-refractivity contribution in [3.8, 4) is 11.5 Å². The number of benzene rings is 1. The summed E-state index contributed by atoms with van der Waals surface area (Å²) in [7, 11) is 0. The summed E-state index contributed by atoms with van der Waals surface area (Å²) in [4.78, 5) is 27.1. The van der Waals surface area contributed by atoms with Gasteiger partial charge in [-0.1, -0.05) is 20.3 Å². The molecule has 1 saturated carbocycles. The van der Waals surface area contributed by atoms with Crippen molar-refractivity contribution in [1.82, 2.24) is 5.32 Å². The molecule has 1 aromatic carbocycles. The maximum Gasteiger partial charge on any atom is 0.337 e. The molecule has 184 valence electrons. The van der Waals surface area contributed by atoms with Crippen LogP contribution >= 0.6 is 15.9 Å². The molecule has 4 rings (SSSR count). The summed E-state index contributed by atoms with van der Waals surface area (Å²) in [6.45, 7) is 8.26. The predicted molar refractivity (Wildman–Crippen MR) is 134 cm³/mol. The van der Waals surface area contributed by atoms with Crippen molar-refractivity contribution >= 4 is 27.7 Å². The fourth-order valence-corrected chi connectivity index (χ4v) is 5.92. The second kappa shape index (κ2) is 9.76. The number of allylic oxidation sites excluding steroid dienone is 3. The average Bonchev–Trinajstić information content (AvgIpc) is 2.75. The van der Waals surface area contributed by atoms with Crippen LogP contribution in [0.5, 0.6) is 11.5 Å². The number of ketones is 1. The van der Waals surface area contributed by atoms with Crippen molar-refractivity contribution in [3.05, 3.63) is 44.7 Å². The molecule has 3 aliphatic rings. The summed E-state index contributed by atoms with van der Waals surface area (Å²) in [5.74, 6) is -0.632. The Morgan fingerprint density at radius 1 is 1.21 bits per heavy atom. The number of esters is 1. The van der Waals surface area contributed by atoms with Crippen LogP contribution in [0.1, 0.15) is 84.1 Å². The lowest BCUT2D eigenvalue weighted by Gasteiger charge is -2.39. The number of carbonyl (C=O) groups is 2. The largest absolute Gasteiger partial charge is 0.503 e. The van der Waals surface area contributed by atoms with Crippen LogP contribution in [-0.2, 0) is 14.3 Å². The SMILES string of the molecule is CCOc1cc([C@@H]2C(C(=O)OC3CCCCC3)=C(C)NC3=C2C(=O)CC(C)(C)C3)cc(Br)c1O. The standard InChI is InChI=1S/C27H34BrNO5/c1-5-33-21-12-16(11-18(28)25(21)31)23-22(26(32)34-17-9-7-6-8-10-17)15(2)29-19-13-27(3,4)14-20(30)24(19)23/h11-12,17,23,29,31H,5-10,13-14H2,1-4H3/t23-/m1/s1. The van der Waals surface area contributed by atoms with E-state index in [1.54, 1.807) is 12.1 Å². The third-order valence-electron chi connectivity index (χ3n) is 6.97. The molecule has 0 amide bonds. The summed E-state index contributed by atoms with van der Waals surface area (Å²) in [5.41, 5.74) is 3.18. The number of hydrogen-bond donors (Lipinski definition) is 2. The van der Waals surface area contributed by atoms with Crippen molar-refractivity contribution in [1.29, 1.82) is 0 Å². The molecule has 2 aliphatic carbocycles. The number of carbonyl (C=O) groups excluding carboxylic acids is 2. The van der Waals surface area contributed by atoms with E-state index >= 15 is 0 Å². The monoisotopic (exact) mass is 531 g/mol. The van der Waals surface area contributed by atoms with Crippen LogP contribution in [0.15, 0.2) is 39.1 Å². The third-order valence-corrected chi connectivity index (χ3v) is 7.57. The van der Waals surface area contributed by atoms with E-state index in [-0.39, 0.29) is 29.0 Å². The van der Waals surface area contributed by atoms with Gasteiger partial charge in [0.1, 0.15) is 6.10 Å². The van der Waals surface area contributed by atoms with E-state index in [0.717, 1.165) is 31.4 Å². The molecule has 1 fully saturated rings. The molecule has 0 unspecified atom stereocenters. The van der Waals surface area contributed by atoms with Crippen molar-refractivity contribution in [2.24, 2.45) is 5.41 Å². The van der Waals surface area contributed by atoms with Crippen molar-refractivity contribution in [3.63, 3.8) is 0 Å². The molecular formula is C27H34BrNO5. The highest BCUT2D eigenvalue weighted by molar-refractivity contribution is 9.10. The Bertz CT molecular complexity index is 1070. The maximum absolute atomic E-state index is 13.6. The quantitative estimate of drug-likeness (QED) is 0.451. The Balaban J connectivity index is 1.82. The zero-order valence-corrected chi connectivity index (χ0v) is 22.0. The van der Waals surface area contributed by atoms with Crippen LogP contribution < -0.4 is 10.1 Å². The molecule has 0 bridgehead atoms. The van der Waals surface area contributed by atoms with Gasteiger partial charge in [0, 0.05) is 29.3 Å². The summed E-state index contributed by atoms with van der Waals surface area (Å²) in [5, 5.41) is 13.9. The van der Waals surface area contributed by atoms with Gasteiger partial charge in [-0.25, -0.2) is 4.79 Å². The zero-order chi connectivity index (χ0) is 24.6. The molecule has 1 aromatic rings. The van der Waals surface area contributed by atoms with E-state index in [1.165, 1.54) is 6.42 Å². The first-order valence-corrected chi connectivity index (χ1v) is 13.0. The van der Waals surface area contributed by atoms with Gasteiger partial charge in [0.25, 0.3) is 0 Å². The predicted octanol–water partition coefficient (Wildman–Crippen LogP) is 6.03. The minimum absolute atomic E-state index is 0.00289. The number of ether oxygens (including phenoxy) is 2. The summed E-state index contributed by atoms with van der Waals surface area (Å²) in [6.07, 6.45) is 6.06. The van der Waals surface area contributed by atoms with Crippen LogP contribution in [0.3, 0.4) is 0 Å². The molecule has 0 aromatic heterocycles. The number of hydrogen-bond acceptors (Lipinski definition) is 6. The highest BCUT2D eigenvalue weighted by Crippen LogP contribution is 2.49. The molecule has 0 radical (unpaired) electrons. The van der Waals surface area contributed by atoms with Crippen LogP contribution in [0.25, 0.3) is 0 Å². The molecule has 34 heavy (non-hydrogen) atoms. The highest BCUT2D eigenvalue weighted by Gasteiger charge is 2.44. The van der Waals surface area contributed by atoms with E-state index in [2.05, 4.69) is 35.1 Å². The van der Waals surface area contributed by atoms with Gasteiger partial charge in [0.05, 0.1) is 16.7 Å². The van der Waals surface area contributed by atoms with Gasteiger partial charge < -0.3 is 19.9 Å². The first kappa shape index (κ1) is 24.8. The maximum atomic E-state index is 13.6. The van der Waals surface area contributed by atoms with E-state index in [4.69, 9.17) is 9.47 Å². The normalized spacial score (nSPS) is 22.9. The number of Topliss-reactive ketones (excluding diaryl/α,β-unsaturated/α-hetero) is 1. The molecule has 1 atom stereocenters. The van der Waals surface area contributed by atoms with Crippen LogP contribution in [-0.4, -0.2) is 29.6 Å². The van der Waals surface area contributed by atoms with Crippen molar-refractivity contribution in [2.75, 3.05) is 6.61 Å². The van der Waals surface area contributed by atoms with Gasteiger partial charge in [-0.15, -0.1) is 0 Å². The summed E-state index contributed by atoms with van der Waals surface area (Å²) < 4.78 is 12.1. The van der Waals surface area contributed by atoms with Gasteiger partial charge in [-0.2, -0.15) is 0 Å². The fraction of sp³-hybridized carbons (Fsp3) is 0.556. The van der Waals surface area contributed by atoms with Crippen molar-refractivity contribution < 1.29 is 24.2 Å². The number of dihydropyridines is 1. The number of phenolic OH excluding ortho intramolecular Hbond substituents is 1. The highest BCUT2D eigenvalue weighted by atomic mass is 79.9. The topological polar surface area (TPSA) is 84.9 Å². The zero-order valence-electron chi connectivity index (χ0n) is 20.4. The van der Waals surface area contributed by atoms with Gasteiger partial charge in [0.2, 0.25) is 0 Å². The summed E-state index contributed by atoms with van der Waals surface area (Å²) >= 11 is 3.43. The number of phenols is 1. The first-order chi connectivity index (χ1) is 16.1. The molecule has 0 saturated heterocycles. The van der Waals surface area contributed by atoms with E-state index in [1.807, 2.05) is 13.8 Å². The molecule has 1 aliphatic heterocycles. The Labute approximate surface area is 209 Å². The summed E-state index contributed by atoms with van der Waals surface area (Å²) in [6, 6.07) is 3.51. The fourth-order valence-electron chi connectivity index (χ4n) is 5.46. The number of halogens is 1. The van der Waals surface area contributed by atoms with Gasteiger partial charge in [-0.3, -0.25) is 4.79 Å². The molecule has 7 heteroatoms.